The summed E-state index contributed by atoms with van der Waals surface area (Å²) in [6.45, 7) is 7.57. The third-order valence-electron chi connectivity index (χ3n) is 4.41. The molecule has 0 aromatic heterocycles. The largest absolute Gasteiger partial charge is 0.330 e. The van der Waals surface area contributed by atoms with Gasteiger partial charge >= 0.3 is 0 Å². The van der Waals surface area contributed by atoms with Gasteiger partial charge in [-0.15, -0.1) is 0 Å². The Hall–Kier alpha value is -0.170. The van der Waals surface area contributed by atoms with Crippen LogP contribution in [0.1, 0.15) is 59.3 Å². The van der Waals surface area contributed by atoms with Crippen LogP contribution in [0.4, 0.5) is 0 Å². The van der Waals surface area contributed by atoms with Crippen LogP contribution in [0.5, 0.6) is 0 Å². The first-order valence-electron chi connectivity index (χ1n) is 8.18. The predicted octanol–water partition coefficient (Wildman–Crippen LogP) is 2.19. The fourth-order valence-corrected chi connectivity index (χ4v) is 4.76. The third-order valence-corrected chi connectivity index (χ3v) is 6.40. The lowest BCUT2D eigenvalue weighted by molar-refractivity contribution is 0.228. The highest BCUT2D eigenvalue weighted by molar-refractivity contribution is 7.86. The molecule has 1 fully saturated rings. The first-order chi connectivity index (χ1) is 9.74. The molecular weight excluding hydrogens is 286 g/mol. The minimum atomic E-state index is -3.40. The molecule has 0 heterocycles. The lowest BCUT2D eigenvalue weighted by atomic mass is 9.94. The number of nitrogens with zero attached hydrogens (tertiary/aromatic N) is 2. The molecule has 0 radical (unpaired) electrons. The molecule has 2 N–H and O–H groups in total. The molecule has 1 aliphatic carbocycles. The smallest absolute Gasteiger partial charge is 0.281 e. The Morgan fingerprint density at radius 3 is 2.24 bits per heavy atom. The summed E-state index contributed by atoms with van der Waals surface area (Å²) in [5.41, 5.74) is 5.58. The Balaban J connectivity index is 2.87. The highest BCUT2D eigenvalue weighted by Gasteiger charge is 2.34. The molecule has 126 valence electrons. The van der Waals surface area contributed by atoms with Crippen molar-refractivity contribution in [2.75, 3.05) is 26.7 Å². The van der Waals surface area contributed by atoms with Crippen molar-refractivity contribution in [3.63, 3.8) is 0 Å². The summed E-state index contributed by atoms with van der Waals surface area (Å²) in [6.07, 6.45) is 6.27. The Bertz CT molecular complexity index is 403. The van der Waals surface area contributed by atoms with Crippen molar-refractivity contribution >= 4 is 10.2 Å². The topological polar surface area (TPSA) is 66.6 Å². The molecule has 1 aliphatic rings. The summed E-state index contributed by atoms with van der Waals surface area (Å²) in [6, 6.07) is 0.157. The van der Waals surface area contributed by atoms with Gasteiger partial charge in [0.25, 0.3) is 10.2 Å². The van der Waals surface area contributed by atoms with Crippen LogP contribution in [0.15, 0.2) is 0 Å². The van der Waals surface area contributed by atoms with Gasteiger partial charge in [0.05, 0.1) is 0 Å². The molecule has 0 unspecified atom stereocenters. The third kappa shape index (κ3) is 5.20. The Labute approximate surface area is 131 Å². The fraction of sp³-hybridized carbons (Fsp3) is 1.00. The standard InChI is InChI=1S/C15H33N3O2S/c1-5-11-18(13-15(2,3)12-16)21(19,20)17(4)14-9-7-6-8-10-14/h14H,5-13,16H2,1-4H3. The van der Waals surface area contributed by atoms with Crippen molar-refractivity contribution in [3.05, 3.63) is 0 Å². The van der Waals surface area contributed by atoms with Crippen molar-refractivity contribution in [2.45, 2.75) is 65.3 Å². The van der Waals surface area contributed by atoms with E-state index < -0.39 is 10.2 Å². The highest BCUT2D eigenvalue weighted by Crippen LogP contribution is 2.26. The monoisotopic (exact) mass is 319 g/mol. The summed E-state index contributed by atoms with van der Waals surface area (Å²) in [5.74, 6) is 0. The molecule has 5 nitrogen and oxygen atoms in total. The van der Waals surface area contributed by atoms with Gasteiger partial charge in [-0.2, -0.15) is 17.0 Å². The van der Waals surface area contributed by atoms with Gasteiger partial charge in [0.1, 0.15) is 0 Å². The minimum absolute atomic E-state index is 0.157. The minimum Gasteiger partial charge on any atom is -0.330 e. The predicted molar refractivity (Wildman–Crippen MR) is 88.3 cm³/mol. The molecule has 0 saturated heterocycles. The zero-order chi connectivity index (χ0) is 16.1. The van der Waals surface area contributed by atoms with Gasteiger partial charge in [0.2, 0.25) is 0 Å². The zero-order valence-corrected chi connectivity index (χ0v) is 15.0. The van der Waals surface area contributed by atoms with Crippen LogP contribution in [-0.2, 0) is 10.2 Å². The van der Waals surface area contributed by atoms with Crippen LogP contribution >= 0.6 is 0 Å². The summed E-state index contributed by atoms with van der Waals surface area (Å²) in [7, 11) is -1.66. The van der Waals surface area contributed by atoms with E-state index in [1.807, 2.05) is 20.8 Å². The van der Waals surface area contributed by atoms with Gasteiger partial charge in [-0.1, -0.05) is 40.0 Å². The SMILES string of the molecule is CCCN(CC(C)(C)CN)S(=O)(=O)N(C)C1CCCCC1. The summed E-state index contributed by atoms with van der Waals surface area (Å²) in [5, 5.41) is 0. The van der Waals surface area contributed by atoms with Gasteiger partial charge < -0.3 is 5.73 Å². The van der Waals surface area contributed by atoms with Crippen LogP contribution in [0.2, 0.25) is 0 Å². The van der Waals surface area contributed by atoms with E-state index in [1.165, 1.54) is 6.42 Å². The van der Waals surface area contributed by atoms with Crippen LogP contribution in [-0.4, -0.2) is 49.8 Å². The van der Waals surface area contributed by atoms with E-state index in [2.05, 4.69) is 0 Å². The van der Waals surface area contributed by atoms with E-state index in [9.17, 15) is 8.42 Å². The quantitative estimate of drug-likeness (QED) is 0.746. The molecule has 0 aromatic rings. The Kier molecular flexibility index (Phi) is 7.10. The van der Waals surface area contributed by atoms with Crippen molar-refractivity contribution < 1.29 is 8.42 Å². The molecule has 0 amide bonds. The van der Waals surface area contributed by atoms with Gasteiger partial charge in [0.15, 0.2) is 0 Å². The lowest BCUT2D eigenvalue weighted by Gasteiger charge is -2.37. The van der Waals surface area contributed by atoms with Crippen molar-refractivity contribution in [1.29, 1.82) is 0 Å². The number of hydrogen-bond donors (Lipinski definition) is 1. The molecule has 1 rings (SSSR count). The maximum absolute atomic E-state index is 12.9. The average molecular weight is 320 g/mol. The maximum atomic E-state index is 12.9. The van der Waals surface area contributed by atoms with Crippen LogP contribution in [0, 0.1) is 5.41 Å². The van der Waals surface area contributed by atoms with E-state index in [-0.39, 0.29) is 11.5 Å². The van der Waals surface area contributed by atoms with E-state index >= 15 is 0 Å². The molecule has 0 bridgehead atoms. The summed E-state index contributed by atoms with van der Waals surface area (Å²) < 4.78 is 29.1. The van der Waals surface area contributed by atoms with Crippen molar-refractivity contribution in [1.82, 2.24) is 8.61 Å². The molecule has 0 atom stereocenters. The van der Waals surface area contributed by atoms with Gasteiger partial charge in [-0.3, -0.25) is 0 Å². The molecule has 21 heavy (non-hydrogen) atoms. The first kappa shape index (κ1) is 18.9. The average Bonchev–Trinajstić information content (AvgIpc) is 2.46. The number of rotatable bonds is 8. The molecule has 1 saturated carbocycles. The summed E-state index contributed by atoms with van der Waals surface area (Å²) >= 11 is 0. The van der Waals surface area contributed by atoms with Crippen LogP contribution < -0.4 is 5.73 Å². The van der Waals surface area contributed by atoms with Gasteiger partial charge in [-0.05, 0) is 31.2 Å². The number of nitrogens with two attached hydrogens (primary N) is 1. The normalized spacial score (nSPS) is 18.6. The second kappa shape index (κ2) is 7.90. The Morgan fingerprint density at radius 2 is 1.76 bits per heavy atom. The summed E-state index contributed by atoms with van der Waals surface area (Å²) in [4.78, 5) is 0. The maximum Gasteiger partial charge on any atom is 0.281 e. The molecule has 0 aromatic carbocycles. The fourth-order valence-electron chi connectivity index (χ4n) is 2.88. The van der Waals surface area contributed by atoms with Gasteiger partial charge in [-0.25, -0.2) is 0 Å². The van der Waals surface area contributed by atoms with E-state index in [0.717, 1.165) is 32.1 Å². The van der Waals surface area contributed by atoms with Crippen molar-refractivity contribution in [2.24, 2.45) is 11.1 Å². The second-order valence-corrected chi connectivity index (χ2v) is 9.01. The zero-order valence-electron chi connectivity index (χ0n) is 14.1. The van der Waals surface area contributed by atoms with Gasteiger partial charge in [0, 0.05) is 26.2 Å². The molecular formula is C15H33N3O2S. The molecule has 0 spiro atoms. The molecule has 6 heteroatoms. The van der Waals surface area contributed by atoms with E-state index in [4.69, 9.17) is 5.73 Å². The second-order valence-electron chi connectivity index (χ2n) is 7.02. The highest BCUT2D eigenvalue weighted by atomic mass is 32.2. The van der Waals surface area contributed by atoms with Crippen molar-refractivity contribution in [3.8, 4) is 0 Å². The Morgan fingerprint density at radius 1 is 1.19 bits per heavy atom. The van der Waals surface area contributed by atoms with E-state index in [0.29, 0.717) is 19.6 Å². The lowest BCUT2D eigenvalue weighted by Crippen LogP contribution is -2.50. The van der Waals surface area contributed by atoms with Crippen LogP contribution in [0.3, 0.4) is 0 Å². The van der Waals surface area contributed by atoms with E-state index in [1.54, 1.807) is 15.7 Å². The molecule has 0 aliphatic heterocycles. The number of hydrogen-bond acceptors (Lipinski definition) is 3. The van der Waals surface area contributed by atoms with Crippen LogP contribution in [0.25, 0.3) is 0 Å². The first-order valence-corrected chi connectivity index (χ1v) is 9.57.